The first-order valence-corrected chi connectivity index (χ1v) is 5.77. The second-order valence-electron chi connectivity index (χ2n) is 4.56. The lowest BCUT2D eigenvalue weighted by Gasteiger charge is -2.15. The molecule has 0 saturated heterocycles. The first-order valence-electron chi connectivity index (χ1n) is 5.77. The Balaban J connectivity index is 2.33. The first-order chi connectivity index (χ1) is 8.52. The van der Waals surface area contributed by atoms with Crippen molar-refractivity contribution in [3.8, 4) is 5.75 Å². The standard InChI is InChI=1S/C13H14F2O3/c1-18-13-10(14)4-8(5-11(13)15)9(6-12(16)17)7-2-3-7/h4-5,7,9H,2-3,6H2,1H3,(H,16,17). The second-order valence-corrected chi connectivity index (χ2v) is 4.56. The molecule has 0 bridgehead atoms. The van der Waals surface area contributed by atoms with Crippen molar-refractivity contribution in [1.29, 1.82) is 0 Å². The van der Waals surface area contributed by atoms with Gasteiger partial charge in [0, 0.05) is 0 Å². The number of ether oxygens (including phenoxy) is 1. The fraction of sp³-hybridized carbons (Fsp3) is 0.462. The predicted octanol–water partition coefficient (Wildman–Crippen LogP) is 2.94. The van der Waals surface area contributed by atoms with Gasteiger partial charge in [-0.15, -0.1) is 0 Å². The largest absolute Gasteiger partial charge is 0.491 e. The topological polar surface area (TPSA) is 46.5 Å². The molecule has 1 aliphatic rings. The number of carbonyl (C=O) groups is 1. The van der Waals surface area contributed by atoms with Gasteiger partial charge in [0.1, 0.15) is 0 Å². The number of aliphatic carboxylic acids is 1. The van der Waals surface area contributed by atoms with Gasteiger partial charge in [-0.2, -0.15) is 0 Å². The molecule has 1 fully saturated rings. The second kappa shape index (κ2) is 4.92. The summed E-state index contributed by atoms with van der Waals surface area (Å²) in [6.45, 7) is 0. The van der Waals surface area contributed by atoms with E-state index in [1.54, 1.807) is 0 Å². The van der Waals surface area contributed by atoms with Crippen molar-refractivity contribution in [1.82, 2.24) is 0 Å². The smallest absolute Gasteiger partial charge is 0.303 e. The van der Waals surface area contributed by atoms with Crippen LogP contribution >= 0.6 is 0 Å². The summed E-state index contributed by atoms with van der Waals surface area (Å²) in [7, 11) is 1.19. The highest BCUT2D eigenvalue weighted by atomic mass is 19.1. The number of rotatable bonds is 5. The van der Waals surface area contributed by atoms with Crippen molar-refractivity contribution in [3.63, 3.8) is 0 Å². The summed E-state index contributed by atoms with van der Waals surface area (Å²) in [5.41, 5.74) is 0.399. The van der Waals surface area contributed by atoms with Gasteiger partial charge >= 0.3 is 5.97 Å². The van der Waals surface area contributed by atoms with Crippen LogP contribution in [0, 0.1) is 17.6 Å². The van der Waals surface area contributed by atoms with Crippen molar-refractivity contribution in [2.75, 3.05) is 7.11 Å². The minimum absolute atomic E-state index is 0.101. The molecule has 1 aliphatic carbocycles. The van der Waals surface area contributed by atoms with Gasteiger partial charge in [0.2, 0.25) is 0 Å². The SMILES string of the molecule is COc1c(F)cc(C(CC(=O)O)C2CC2)cc1F. The molecule has 1 aromatic rings. The number of hydrogen-bond donors (Lipinski definition) is 1. The Bertz CT molecular complexity index is 446. The minimum Gasteiger partial charge on any atom is -0.491 e. The Labute approximate surface area is 103 Å². The van der Waals surface area contributed by atoms with E-state index in [0.717, 1.165) is 12.8 Å². The van der Waals surface area contributed by atoms with Gasteiger partial charge in [-0.3, -0.25) is 4.79 Å². The Hall–Kier alpha value is -1.65. The van der Waals surface area contributed by atoms with Crippen LogP contribution in [-0.2, 0) is 4.79 Å². The molecule has 0 aromatic heterocycles. The predicted molar refractivity (Wildman–Crippen MR) is 60.6 cm³/mol. The summed E-state index contributed by atoms with van der Waals surface area (Å²) >= 11 is 0. The molecule has 0 heterocycles. The zero-order chi connectivity index (χ0) is 13.3. The molecule has 1 saturated carbocycles. The number of benzene rings is 1. The minimum atomic E-state index is -0.955. The molecule has 5 heteroatoms. The molecule has 1 aromatic carbocycles. The van der Waals surface area contributed by atoms with Crippen LogP contribution in [0.5, 0.6) is 5.75 Å². The summed E-state index contributed by atoms with van der Waals surface area (Å²) in [6.07, 6.45) is 1.72. The van der Waals surface area contributed by atoms with E-state index in [4.69, 9.17) is 5.11 Å². The molecule has 1 N–H and O–H groups in total. The number of carboxylic acid groups (broad SMARTS) is 1. The lowest BCUT2D eigenvalue weighted by molar-refractivity contribution is -0.137. The van der Waals surface area contributed by atoms with Crippen LogP contribution in [0.4, 0.5) is 8.78 Å². The lowest BCUT2D eigenvalue weighted by Crippen LogP contribution is -2.09. The quantitative estimate of drug-likeness (QED) is 0.881. The Morgan fingerprint density at radius 1 is 1.44 bits per heavy atom. The van der Waals surface area contributed by atoms with E-state index in [1.807, 2.05) is 0 Å². The van der Waals surface area contributed by atoms with E-state index < -0.39 is 23.4 Å². The van der Waals surface area contributed by atoms with E-state index in [2.05, 4.69) is 4.74 Å². The van der Waals surface area contributed by atoms with Crippen LogP contribution in [0.2, 0.25) is 0 Å². The number of hydrogen-bond acceptors (Lipinski definition) is 2. The molecule has 1 unspecified atom stereocenters. The van der Waals surface area contributed by atoms with Crippen LogP contribution in [0.3, 0.4) is 0 Å². The fourth-order valence-corrected chi connectivity index (χ4v) is 2.23. The van der Waals surface area contributed by atoms with Crippen LogP contribution < -0.4 is 4.74 Å². The van der Waals surface area contributed by atoms with Crippen LogP contribution in [-0.4, -0.2) is 18.2 Å². The molecule has 3 nitrogen and oxygen atoms in total. The van der Waals surface area contributed by atoms with E-state index in [-0.39, 0.29) is 18.3 Å². The van der Waals surface area contributed by atoms with Crippen LogP contribution in [0.25, 0.3) is 0 Å². The fourth-order valence-electron chi connectivity index (χ4n) is 2.23. The lowest BCUT2D eigenvalue weighted by atomic mass is 9.91. The highest BCUT2D eigenvalue weighted by Crippen LogP contribution is 2.45. The molecule has 1 atom stereocenters. The zero-order valence-corrected chi connectivity index (χ0v) is 9.95. The summed E-state index contributed by atoms with van der Waals surface area (Å²) < 4.78 is 31.8. The third-order valence-electron chi connectivity index (χ3n) is 3.24. The van der Waals surface area contributed by atoms with E-state index in [9.17, 15) is 13.6 Å². The van der Waals surface area contributed by atoms with Gasteiger partial charge in [0.25, 0.3) is 0 Å². The molecule has 98 valence electrons. The maximum Gasteiger partial charge on any atom is 0.303 e. The van der Waals surface area contributed by atoms with Gasteiger partial charge in [-0.1, -0.05) is 0 Å². The van der Waals surface area contributed by atoms with E-state index >= 15 is 0 Å². The van der Waals surface area contributed by atoms with Crippen LogP contribution in [0.1, 0.15) is 30.7 Å². The van der Waals surface area contributed by atoms with Gasteiger partial charge in [0.15, 0.2) is 17.4 Å². The Morgan fingerprint density at radius 3 is 2.39 bits per heavy atom. The number of halogens is 2. The van der Waals surface area contributed by atoms with Crippen LogP contribution in [0.15, 0.2) is 12.1 Å². The third-order valence-corrected chi connectivity index (χ3v) is 3.24. The maximum atomic E-state index is 13.6. The molecule has 18 heavy (non-hydrogen) atoms. The molecule has 0 radical (unpaired) electrons. The molecular weight excluding hydrogens is 242 g/mol. The summed E-state index contributed by atoms with van der Waals surface area (Å²) in [4.78, 5) is 10.8. The zero-order valence-electron chi connectivity index (χ0n) is 9.95. The molecule has 2 rings (SSSR count). The van der Waals surface area contributed by atoms with Gasteiger partial charge < -0.3 is 9.84 Å². The summed E-state index contributed by atoms with van der Waals surface area (Å²) in [5, 5.41) is 8.85. The Morgan fingerprint density at radius 2 is 2.00 bits per heavy atom. The highest BCUT2D eigenvalue weighted by molar-refractivity contribution is 5.68. The van der Waals surface area contributed by atoms with Gasteiger partial charge in [0.05, 0.1) is 13.5 Å². The average Bonchev–Trinajstić information content (AvgIpc) is 3.09. The van der Waals surface area contributed by atoms with Crippen molar-refractivity contribution in [2.45, 2.75) is 25.2 Å². The van der Waals surface area contributed by atoms with Gasteiger partial charge in [-0.25, -0.2) is 8.78 Å². The van der Waals surface area contributed by atoms with Crippen molar-refractivity contribution in [2.24, 2.45) is 5.92 Å². The molecule has 0 amide bonds. The van der Waals surface area contributed by atoms with Crippen molar-refractivity contribution < 1.29 is 23.4 Å². The highest BCUT2D eigenvalue weighted by Gasteiger charge is 2.34. The van der Waals surface area contributed by atoms with Gasteiger partial charge in [-0.05, 0) is 42.4 Å². The number of carboxylic acids is 1. The summed E-state index contributed by atoms with van der Waals surface area (Å²) in [5.74, 6) is -3.06. The monoisotopic (exact) mass is 256 g/mol. The maximum absolute atomic E-state index is 13.6. The molecular formula is C13H14F2O3. The normalized spacial score (nSPS) is 16.4. The molecule has 0 aliphatic heterocycles. The molecule has 0 spiro atoms. The van der Waals surface area contributed by atoms with Crippen molar-refractivity contribution in [3.05, 3.63) is 29.3 Å². The summed E-state index contributed by atoms with van der Waals surface area (Å²) in [6, 6.07) is 2.35. The average molecular weight is 256 g/mol. The van der Waals surface area contributed by atoms with Crippen molar-refractivity contribution >= 4 is 5.97 Å². The van der Waals surface area contributed by atoms with E-state index in [1.165, 1.54) is 19.2 Å². The van der Waals surface area contributed by atoms with E-state index in [0.29, 0.717) is 5.56 Å². The Kier molecular flexibility index (Phi) is 3.50. The number of methoxy groups -OCH3 is 1. The third kappa shape index (κ3) is 2.60. The first kappa shape index (κ1) is 12.8.